The predicted octanol–water partition coefficient (Wildman–Crippen LogP) is 7.01. The van der Waals surface area contributed by atoms with Crippen LogP contribution in [-0.4, -0.2) is 28.9 Å². The van der Waals surface area contributed by atoms with Crippen molar-refractivity contribution in [1.29, 1.82) is 0 Å². The van der Waals surface area contributed by atoms with E-state index in [0.717, 1.165) is 0 Å². The highest BCUT2D eigenvalue weighted by molar-refractivity contribution is 6.54. The van der Waals surface area contributed by atoms with E-state index in [0.29, 0.717) is 0 Å². The lowest BCUT2D eigenvalue weighted by atomic mass is 10.1. The number of aromatic carboxylic acids is 1. The highest BCUT2D eigenvalue weighted by Crippen LogP contribution is 2.43. The fraction of sp³-hybridized carbons (Fsp3) is 0.176. The SMILES string of the molecule is O=C(O)c1c(Cl)c(Cl)c(Cl)c(Cl)c1C(=O)NCNOCc1c(Cl)c(Cl)c(Cl)c(Cl)c1COO. The molecule has 0 saturated heterocycles. The molecule has 0 saturated carbocycles. The number of rotatable bonds is 9. The standard InChI is InChI=1S/C17H10Cl8N2O6/c18-8-4(5(2-33-31)9(19)13(23)12(8)22)1-32-27-3-26-16(28)6-7(17(29)30)11(21)15(25)14(24)10(6)20/h27,31H,1-3H2,(H,26,28)(H,29,30). The number of carbonyl (C=O) groups is 2. The summed E-state index contributed by atoms with van der Waals surface area (Å²) in [6.07, 6.45) is 0. The Morgan fingerprint density at radius 1 is 0.697 bits per heavy atom. The second-order valence-electron chi connectivity index (χ2n) is 5.91. The van der Waals surface area contributed by atoms with Gasteiger partial charge in [-0.2, -0.15) is 5.48 Å². The van der Waals surface area contributed by atoms with Crippen molar-refractivity contribution in [1.82, 2.24) is 10.8 Å². The maximum atomic E-state index is 12.5. The van der Waals surface area contributed by atoms with Gasteiger partial charge in [-0.3, -0.25) is 14.9 Å². The molecule has 33 heavy (non-hydrogen) atoms. The van der Waals surface area contributed by atoms with Gasteiger partial charge >= 0.3 is 5.97 Å². The minimum absolute atomic E-state index is 0.000595. The number of halogens is 8. The van der Waals surface area contributed by atoms with Crippen LogP contribution in [-0.2, 0) is 22.9 Å². The van der Waals surface area contributed by atoms with Crippen molar-refractivity contribution < 1.29 is 29.7 Å². The quantitative estimate of drug-likeness (QED) is 0.0594. The topological polar surface area (TPSA) is 117 Å². The summed E-state index contributed by atoms with van der Waals surface area (Å²) in [4.78, 5) is 33.4. The third-order valence-corrected chi connectivity index (χ3v) is 7.71. The predicted molar refractivity (Wildman–Crippen MR) is 128 cm³/mol. The first kappa shape index (κ1) is 28.8. The molecule has 0 unspecified atom stereocenters. The molecule has 0 atom stereocenters. The maximum Gasteiger partial charge on any atom is 0.338 e. The van der Waals surface area contributed by atoms with Crippen LogP contribution < -0.4 is 10.8 Å². The Morgan fingerprint density at radius 3 is 1.64 bits per heavy atom. The summed E-state index contributed by atoms with van der Waals surface area (Å²) < 4.78 is 0. The number of carbonyl (C=O) groups excluding carboxylic acids is 1. The van der Waals surface area contributed by atoms with E-state index in [-0.39, 0.29) is 61.1 Å². The van der Waals surface area contributed by atoms with Crippen molar-refractivity contribution in [3.8, 4) is 0 Å². The maximum absolute atomic E-state index is 12.5. The van der Waals surface area contributed by atoms with Gasteiger partial charge in [-0.1, -0.05) is 92.8 Å². The van der Waals surface area contributed by atoms with Gasteiger partial charge in [-0.05, 0) is 0 Å². The summed E-state index contributed by atoms with van der Waals surface area (Å²) in [5.41, 5.74) is 1.74. The molecule has 0 aromatic heterocycles. The highest BCUT2D eigenvalue weighted by Gasteiger charge is 2.28. The van der Waals surface area contributed by atoms with Crippen molar-refractivity contribution in [3.05, 3.63) is 62.4 Å². The van der Waals surface area contributed by atoms with Crippen LogP contribution in [0.2, 0.25) is 40.2 Å². The molecule has 1 amide bonds. The lowest BCUT2D eigenvalue weighted by molar-refractivity contribution is -0.253. The number of amides is 1. The number of carboxylic acid groups (broad SMARTS) is 1. The largest absolute Gasteiger partial charge is 0.478 e. The summed E-state index contributed by atoms with van der Waals surface area (Å²) >= 11 is 48.0. The summed E-state index contributed by atoms with van der Waals surface area (Å²) in [6.45, 7) is -0.937. The van der Waals surface area contributed by atoms with Gasteiger partial charge in [-0.15, -0.1) is 0 Å². The molecule has 2 aromatic carbocycles. The summed E-state index contributed by atoms with van der Waals surface area (Å²) in [5.74, 6) is -2.47. The molecule has 0 fully saturated rings. The van der Waals surface area contributed by atoms with Gasteiger partial charge in [-0.25, -0.2) is 9.68 Å². The zero-order valence-corrected chi connectivity index (χ0v) is 21.7. The molecular formula is C17H10Cl8N2O6. The molecule has 0 bridgehead atoms. The van der Waals surface area contributed by atoms with Gasteiger partial charge in [0.15, 0.2) is 0 Å². The van der Waals surface area contributed by atoms with Crippen molar-refractivity contribution >= 4 is 105 Å². The van der Waals surface area contributed by atoms with Gasteiger partial charge < -0.3 is 10.4 Å². The number of hydrogen-bond acceptors (Lipinski definition) is 6. The minimum Gasteiger partial charge on any atom is -0.478 e. The fourth-order valence-electron chi connectivity index (χ4n) is 2.51. The second kappa shape index (κ2) is 12.5. The first-order valence-electron chi connectivity index (χ1n) is 8.27. The Hall–Kier alpha value is -0.460. The summed E-state index contributed by atoms with van der Waals surface area (Å²) in [5, 5.41) is 19.0. The number of carboxylic acids is 1. The lowest BCUT2D eigenvalue weighted by Crippen LogP contribution is -2.35. The number of nitrogens with one attached hydrogen (secondary N) is 2. The Morgan fingerprint density at radius 2 is 1.15 bits per heavy atom. The zero-order valence-electron chi connectivity index (χ0n) is 15.7. The van der Waals surface area contributed by atoms with E-state index in [1.807, 2.05) is 0 Å². The molecule has 0 heterocycles. The van der Waals surface area contributed by atoms with Crippen LogP contribution in [0.4, 0.5) is 0 Å². The zero-order chi connectivity index (χ0) is 25.0. The molecule has 0 aliphatic rings. The van der Waals surface area contributed by atoms with Gasteiger partial charge in [0.25, 0.3) is 5.91 Å². The van der Waals surface area contributed by atoms with Crippen molar-refractivity contribution in [3.63, 3.8) is 0 Å². The second-order valence-corrected chi connectivity index (χ2v) is 8.94. The van der Waals surface area contributed by atoms with Gasteiger partial charge in [0.2, 0.25) is 0 Å². The molecular weight excluding hydrogens is 612 g/mol. The van der Waals surface area contributed by atoms with E-state index < -0.39 is 33.0 Å². The molecule has 2 rings (SSSR count). The van der Waals surface area contributed by atoms with Gasteiger partial charge in [0.05, 0.1) is 64.6 Å². The minimum atomic E-state index is -1.54. The smallest absolute Gasteiger partial charge is 0.338 e. The van der Waals surface area contributed by atoms with Crippen LogP contribution >= 0.6 is 92.8 Å². The van der Waals surface area contributed by atoms with Crippen LogP contribution in [0.25, 0.3) is 0 Å². The summed E-state index contributed by atoms with van der Waals surface area (Å²) in [6, 6.07) is 0. The van der Waals surface area contributed by atoms with E-state index in [4.69, 9.17) is 103 Å². The third-order valence-electron chi connectivity index (χ3n) is 4.03. The van der Waals surface area contributed by atoms with Crippen LogP contribution in [0.5, 0.6) is 0 Å². The first-order valence-corrected chi connectivity index (χ1v) is 11.3. The van der Waals surface area contributed by atoms with E-state index >= 15 is 0 Å². The number of benzene rings is 2. The highest BCUT2D eigenvalue weighted by atomic mass is 35.5. The van der Waals surface area contributed by atoms with E-state index in [1.54, 1.807) is 0 Å². The van der Waals surface area contributed by atoms with Gasteiger partial charge in [0, 0.05) is 11.1 Å². The lowest BCUT2D eigenvalue weighted by Gasteiger charge is -2.16. The van der Waals surface area contributed by atoms with Crippen molar-refractivity contribution in [2.24, 2.45) is 0 Å². The molecule has 0 aliphatic heterocycles. The van der Waals surface area contributed by atoms with E-state index in [9.17, 15) is 14.7 Å². The average molecular weight is 622 g/mol. The van der Waals surface area contributed by atoms with Crippen LogP contribution in [0, 0.1) is 0 Å². The molecule has 4 N–H and O–H groups in total. The fourth-order valence-corrected chi connectivity index (χ4v) is 4.57. The third kappa shape index (κ3) is 6.22. The molecule has 16 heteroatoms. The molecule has 180 valence electrons. The Bertz CT molecular complexity index is 1110. The number of hydroxylamine groups is 1. The summed E-state index contributed by atoms with van der Waals surface area (Å²) in [7, 11) is 0. The van der Waals surface area contributed by atoms with E-state index in [2.05, 4.69) is 15.7 Å². The van der Waals surface area contributed by atoms with Crippen LogP contribution in [0.3, 0.4) is 0 Å². The van der Waals surface area contributed by atoms with Crippen molar-refractivity contribution in [2.75, 3.05) is 6.67 Å². The molecule has 2 aromatic rings. The molecule has 0 radical (unpaired) electrons. The van der Waals surface area contributed by atoms with Gasteiger partial charge in [0.1, 0.15) is 6.61 Å². The van der Waals surface area contributed by atoms with Crippen LogP contribution in [0.1, 0.15) is 31.8 Å². The van der Waals surface area contributed by atoms with Crippen LogP contribution in [0.15, 0.2) is 0 Å². The monoisotopic (exact) mass is 618 g/mol. The molecule has 8 nitrogen and oxygen atoms in total. The molecule has 0 spiro atoms. The normalized spacial score (nSPS) is 11.1. The van der Waals surface area contributed by atoms with E-state index in [1.165, 1.54) is 0 Å². The Labute approximate surface area is 226 Å². The number of hydrogen-bond donors (Lipinski definition) is 4. The Kier molecular flexibility index (Phi) is 10.9. The average Bonchev–Trinajstić information content (AvgIpc) is 2.77. The first-order chi connectivity index (χ1) is 15.4. The molecule has 0 aliphatic carbocycles. The van der Waals surface area contributed by atoms with Crippen molar-refractivity contribution in [2.45, 2.75) is 13.2 Å². The Balaban J connectivity index is 2.13.